The van der Waals surface area contributed by atoms with Crippen molar-refractivity contribution in [2.45, 2.75) is 24.7 Å². The summed E-state index contributed by atoms with van der Waals surface area (Å²) in [7, 11) is -4.03. The van der Waals surface area contributed by atoms with E-state index in [-0.39, 0.29) is 39.1 Å². The van der Waals surface area contributed by atoms with Gasteiger partial charge in [-0.05, 0) is 38.0 Å². The fraction of sp³-hybridized carbons (Fsp3) is 0.200. The summed E-state index contributed by atoms with van der Waals surface area (Å²) in [6.45, 7) is 1.46. The summed E-state index contributed by atoms with van der Waals surface area (Å²) in [4.78, 5) is 10.2. The number of nitriles is 1. The van der Waals surface area contributed by atoms with Crippen LogP contribution in [0, 0.1) is 28.4 Å². The molecule has 12 heteroatoms. The first-order valence-corrected chi connectivity index (χ1v) is 11.3. The molecule has 0 bridgehead atoms. The van der Waals surface area contributed by atoms with Crippen molar-refractivity contribution >= 4 is 33.1 Å². The van der Waals surface area contributed by atoms with Gasteiger partial charge in [0, 0.05) is 18.2 Å². The van der Waals surface area contributed by atoms with Gasteiger partial charge >= 0.3 is 0 Å². The molecule has 2 aromatic carbocycles. The number of sulfonamides is 1. The molecule has 0 fully saturated rings. The number of nitrogen functional groups attached to an aromatic ring is 1. The summed E-state index contributed by atoms with van der Waals surface area (Å²) in [5.41, 5.74) is 7.25. The number of benzene rings is 2. The molecule has 0 aliphatic rings. The van der Waals surface area contributed by atoms with E-state index < -0.39 is 14.9 Å². The maximum Gasteiger partial charge on any atom is 0.275 e. The zero-order valence-electron chi connectivity index (χ0n) is 16.9. The smallest absolute Gasteiger partial charge is 0.275 e. The molecule has 3 N–H and O–H groups in total. The van der Waals surface area contributed by atoms with E-state index in [4.69, 9.17) is 17.3 Å². The van der Waals surface area contributed by atoms with Crippen molar-refractivity contribution in [3.05, 3.63) is 74.4 Å². The number of aromatic nitrogens is 2. The quantitative estimate of drug-likeness (QED) is 0.288. The average molecular weight is 475 g/mol. The van der Waals surface area contributed by atoms with Crippen molar-refractivity contribution in [3.63, 3.8) is 0 Å². The minimum atomic E-state index is -4.03. The molecule has 1 heterocycles. The highest BCUT2D eigenvalue weighted by atomic mass is 35.5. The highest BCUT2D eigenvalue weighted by Gasteiger charge is 2.22. The lowest BCUT2D eigenvalue weighted by molar-refractivity contribution is -0.385. The molecule has 0 spiro atoms. The first-order valence-electron chi connectivity index (χ1n) is 9.42. The van der Waals surface area contributed by atoms with Gasteiger partial charge in [0.25, 0.3) is 5.69 Å². The fourth-order valence-electron chi connectivity index (χ4n) is 3.07. The Morgan fingerprint density at radius 2 is 2.00 bits per heavy atom. The molecule has 0 saturated heterocycles. The average Bonchev–Trinajstić information content (AvgIpc) is 3.08. The number of hydrogen-bond donors (Lipinski definition) is 2. The second-order valence-corrected chi connectivity index (χ2v) is 9.05. The summed E-state index contributed by atoms with van der Waals surface area (Å²) in [6, 6.07) is 13.3. The number of nitrogens with one attached hydrogen (secondary N) is 1. The number of rotatable bonds is 8. The lowest BCUT2D eigenvalue weighted by Gasteiger charge is -2.08. The molecular weight excluding hydrogens is 456 g/mol. The molecule has 3 rings (SSSR count). The van der Waals surface area contributed by atoms with Crippen LogP contribution in [-0.2, 0) is 16.4 Å². The van der Waals surface area contributed by atoms with Gasteiger partial charge in [0.1, 0.15) is 17.5 Å². The van der Waals surface area contributed by atoms with E-state index in [2.05, 4.69) is 9.82 Å². The van der Waals surface area contributed by atoms with E-state index in [9.17, 15) is 23.8 Å². The van der Waals surface area contributed by atoms with Gasteiger partial charge in [0.15, 0.2) is 0 Å². The van der Waals surface area contributed by atoms with Crippen LogP contribution in [0.4, 0.5) is 11.5 Å². The third-order valence-corrected chi connectivity index (χ3v) is 6.62. The maximum absolute atomic E-state index is 12.6. The Balaban J connectivity index is 1.72. The molecule has 0 amide bonds. The van der Waals surface area contributed by atoms with Crippen LogP contribution in [0.5, 0.6) is 0 Å². The zero-order chi connectivity index (χ0) is 23.5. The Bertz CT molecular complexity index is 1320. The minimum Gasteiger partial charge on any atom is -0.382 e. The molecule has 166 valence electrons. The topological polar surface area (TPSA) is 157 Å². The first-order chi connectivity index (χ1) is 15.2. The van der Waals surface area contributed by atoms with Crippen LogP contribution < -0.4 is 10.5 Å². The maximum atomic E-state index is 12.6. The van der Waals surface area contributed by atoms with E-state index in [1.54, 1.807) is 12.1 Å². The second-order valence-electron chi connectivity index (χ2n) is 6.87. The first kappa shape index (κ1) is 23.2. The van der Waals surface area contributed by atoms with Gasteiger partial charge in [-0.2, -0.15) is 10.4 Å². The van der Waals surface area contributed by atoms with Gasteiger partial charge < -0.3 is 5.73 Å². The number of halogens is 1. The highest BCUT2D eigenvalue weighted by Crippen LogP contribution is 2.29. The van der Waals surface area contributed by atoms with Gasteiger partial charge in [-0.3, -0.25) is 10.1 Å². The molecule has 0 saturated carbocycles. The number of nitrogens with zero attached hydrogens (tertiary/aromatic N) is 4. The summed E-state index contributed by atoms with van der Waals surface area (Å²) in [6.07, 6.45) is 0.616. The van der Waals surface area contributed by atoms with Crippen LogP contribution in [0.15, 0.2) is 47.4 Å². The predicted molar refractivity (Wildman–Crippen MR) is 119 cm³/mol. The van der Waals surface area contributed by atoms with Gasteiger partial charge in [0.2, 0.25) is 10.0 Å². The molecule has 32 heavy (non-hydrogen) atoms. The molecule has 0 radical (unpaired) electrons. The third-order valence-electron chi connectivity index (χ3n) is 4.79. The zero-order valence-corrected chi connectivity index (χ0v) is 18.5. The van der Waals surface area contributed by atoms with Crippen LogP contribution in [-0.4, -0.2) is 29.7 Å². The van der Waals surface area contributed by atoms with Crippen molar-refractivity contribution in [1.29, 1.82) is 5.26 Å². The minimum absolute atomic E-state index is 0.0137. The van der Waals surface area contributed by atoms with Crippen LogP contribution in [0.25, 0.3) is 5.69 Å². The molecule has 0 aliphatic carbocycles. The van der Waals surface area contributed by atoms with Crippen LogP contribution in [0.2, 0.25) is 5.02 Å². The molecule has 0 atom stereocenters. The van der Waals surface area contributed by atoms with E-state index in [1.165, 1.54) is 17.7 Å². The molecule has 10 nitrogen and oxygen atoms in total. The van der Waals surface area contributed by atoms with Crippen molar-refractivity contribution in [2.75, 3.05) is 12.3 Å². The van der Waals surface area contributed by atoms with Gasteiger partial charge in [-0.15, -0.1) is 0 Å². The Labute approximate surface area is 189 Å². The molecule has 0 unspecified atom stereocenters. The number of para-hydroxylation sites is 1. The lowest BCUT2D eigenvalue weighted by atomic mass is 10.1. The molecule has 1 aromatic heterocycles. The summed E-state index contributed by atoms with van der Waals surface area (Å²) < 4.78 is 29.0. The normalized spacial score (nSPS) is 11.3. The number of hydrogen-bond acceptors (Lipinski definition) is 7. The third kappa shape index (κ3) is 4.72. The largest absolute Gasteiger partial charge is 0.382 e. The SMILES string of the molecule is Cc1c(Cl)cc(S(=O)(=O)NCCCc2nn(-c3ccccc3)c(N)c2C#N)cc1[N+](=O)[O-]. The Kier molecular flexibility index (Phi) is 6.78. The molecule has 0 aliphatic heterocycles. The van der Waals surface area contributed by atoms with E-state index in [0.29, 0.717) is 24.2 Å². The number of anilines is 1. The Morgan fingerprint density at radius 3 is 2.62 bits per heavy atom. The fourth-order valence-corrected chi connectivity index (χ4v) is 4.47. The van der Waals surface area contributed by atoms with Gasteiger partial charge in [-0.1, -0.05) is 29.8 Å². The Morgan fingerprint density at radius 1 is 1.31 bits per heavy atom. The standard InChI is InChI=1S/C20H19ClN6O4S/c1-13-17(21)10-15(11-19(13)27(28)29)32(30,31)24-9-5-8-18-16(12-22)20(23)26(25-18)14-6-3-2-4-7-14/h2-4,6-7,10-11,24H,5,8-9,23H2,1H3. The van der Waals surface area contributed by atoms with E-state index in [1.807, 2.05) is 24.3 Å². The second kappa shape index (κ2) is 9.35. The number of nitrogens with two attached hydrogens (primary N) is 1. The number of aryl methyl sites for hydroxylation is 1. The van der Waals surface area contributed by atoms with Crippen LogP contribution in [0.1, 0.15) is 23.2 Å². The summed E-state index contributed by atoms with van der Waals surface area (Å²) >= 11 is 5.96. The van der Waals surface area contributed by atoms with E-state index in [0.717, 1.165) is 6.07 Å². The van der Waals surface area contributed by atoms with Crippen molar-refractivity contribution in [1.82, 2.24) is 14.5 Å². The van der Waals surface area contributed by atoms with Crippen molar-refractivity contribution < 1.29 is 13.3 Å². The highest BCUT2D eigenvalue weighted by molar-refractivity contribution is 7.89. The predicted octanol–water partition coefficient (Wildman–Crippen LogP) is 3.11. The Hall–Kier alpha value is -3.46. The van der Waals surface area contributed by atoms with Gasteiger partial charge in [0.05, 0.1) is 26.2 Å². The van der Waals surface area contributed by atoms with Gasteiger partial charge in [-0.25, -0.2) is 17.8 Å². The van der Waals surface area contributed by atoms with Crippen LogP contribution >= 0.6 is 11.6 Å². The summed E-state index contributed by atoms with van der Waals surface area (Å²) in [5.74, 6) is 0.205. The number of nitro benzene ring substituents is 1. The molecular formula is C20H19ClN6O4S. The summed E-state index contributed by atoms with van der Waals surface area (Å²) in [5, 5.41) is 25.0. The van der Waals surface area contributed by atoms with Crippen LogP contribution in [0.3, 0.4) is 0 Å². The number of nitro groups is 1. The lowest BCUT2D eigenvalue weighted by Crippen LogP contribution is -2.25. The van der Waals surface area contributed by atoms with E-state index >= 15 is 0 Å². The monoisotopic (exact) mass is 474 g/mol. The van der Waals surface area contributed by atoms with Crippen molar-refractivity contribution in [3.8, 4) is 11.8 Å². The van der Waals surface area contributed by atoms with Crippen molar-refractivity contribution in [2.24, 2.45) is 0 Å². The molecule has 3 aromatic rings.